The van der Waals surface area contributed by atoms with Crippen LogP contribution in [0.5, 0.6) is 0 Å². The van der Waals surface area contributed by atoms with Gasteiger partial charge in [0, 0.05) is 25.0 Å². The molecule has 0 aliphatic rings. The first-order valence-electron chi connectivity index (χ1n) is 6.83. The van der Waals surface area contributed by atoms with E-state index in [0.717, 1.165) is 25.0 Å². The SMILES string of the molecule is CCn1cc(S(=O)(=O)NCCCCCSC)cc1CO. The highest BCUT2D eigenvalue weighted by Gasteiger charge is 2.17. The summed E-state index contributed by atoms with van der Waals surface area (Å²) in [6.07, 6.45) is 6.63. The van der Waals surface area contributed by atoms with Crippen molar-refractivity contribution in [1.82, 2.24) is 9.29 Å². The molecule has 0 fully saturated rings. The molecule has 1 aromatic heterocycles. The monoisotopic (exact) mass is 320 g/mol. The third-order valence-corrected chi connectivity index (χ3v) is 5.22. The zero-order valence-corrected chi connectivity index (χ0v) is 13.8. The topological polar surface area (TPSA) is 71.3 Å². The van der Waals surface area contributed by atoms with E-state index in [-0.39, 0.29) is 11.5 Å². The van der Waals surface area contributed by atoms with Crippen molar-refractivity contribution in [3.8, 4) is 0 Å². The van der Waals surface area contributed by atoms with Gasteiger partial charge in [0.05, 0.1) is 11.5 Å². The number of hydrogen-bond donors (Lipinski definition) is 2. The molecule has 2 N–H and O–H groups in total. The van der Waals surface area contributed by atoms with Crippen LogP contribution in [-0.2, 0) is 23.2 Å². The number of aliphatic hydroxyl groups is 1. The third-order valence-electron chi connectivity index (χ3n) is 3.09. The minimum Gasteiger partial charge on any atom is -0.390 e. The van der Waals surface area contributed by atoms with Crippen LogP contribution < -0.4 is 4.72 Å². The number of nitrogens with zero attached hydrogens (tertiary/aromatic N) is 1. The Morgan fingerprint density at radius 3 is 2.65 bits per heavy atom. The fraction of sp³-hybridized carbons (Fsp3) is 0.692. The van der Waals surface area contributed by atoms with E-state index in [4.69, 9.17) is 0 Å². The number of rotatable bonds is 10. The van der Waals surface area contributed by atoms with Gasteiger partial charge in [-0.05, 0) is 37.8 Å². The Bertz CT molecular complexity index is 476. The van der Waals surface area contributed by atoms with Crippen LogP contribution in [0.25, 0.3) is 0 Å². The van der Waals surface area contributed by atoms with Gasteiger partial charge in [-0.3, -0.25) is 0 Å². The molecule has 0 radical (unpaired) electrons. The summed E-state index contributed by atoms with van der Waals surface area (Å²) in [6, 6.07) is 1.53. The average molecular weight is 320 g/mol. The highest BCUT2D eigenvalue weighted by Crippen LogP contribution is 2.14. The van der Waals surface area contributed by atoms with Crippen molar-refractivity contribution in [3.05, 3.63) is 18.0 Å². The zero-order chi connectivity index (χ0) is 15.0. The van der Waals surface area contributed by atoms with Gasteiger partial charge in [0.15, 0.2) is 0 Å². The summed E-state index contributed by atoms with van der Waals surface area (Å²) < 4.78 is 28.6. The number of sulfonamides is 1. The van der Waals surface area contributed by atoms with E-state index < -0.39 is 10.0 Å². The minimum absolute atomic E-state index is 0.155. The molecule has 0 aromatic carbocycles. The maximum atomic E-state index is 12.1. The van der Waals surface area contributed by atoms with Crippen LogP contribution in [0.1, 0.15) is 31.9 Å². The second kappa shape index (κ2) is 8.71. The molecule has 1 aromatic rings. The Kier molecular flexibility index (Phi) is 7.65. The standard InChI is InChI=1S/C13H24N2O3S2/c1-3-15-10-13(9-12(15)11-16)20(17,18)14-7-5-4-6-8-19-2/h9-10,14,16H,3-8,11H2,1-2H3. The lowest BCUT2D eigenvalue weighted by Gasteiger charge is -2.04. The number of aryl methyl sites for hydroxylation is 1. The molecule has 7 heteroatoms. The summed E-state index contributed by atoms with van der Waals surface area (Å²) in [5.41, 5.74) is 0.618. The Morgan fingerprint density at radius 1 is 1.35 bits per heavy atom. The lowest BCUT2D eigenvalue weighted by molar-refractivity contribution is 0.271. The van der Waals surface area contributed by atoms with E-state index in [9.17, 15) is 13.5 Å². The number of aromatic nitrogens is 1. The second-order valence-electron chi connectivity index (χ2n) is 4.56. The number of hydrogen-bond acceptors (Lipinski definition) is 4. The van der Waals surface area contributed by atoms with E-state index in [1.165, 1.54) is 6.07 Å². The molecular weight excluding hydrogens is 296 g/mol. The van der Waals surface area contributed by atoms with Crippen LogP contribution in [0.15, 0.2) is 17.2 Å². The van der Waals surface area contributed by atoms with Gasteiger partial charge in [-0.2, -0.15) is 11.8 Å². The molecule has 0 saturated carbocycles. The van der Waals surface area contributed by atoms with Gasteiger partial charge in [0.1, 0.15) is 0 Å². The van der Waals surface area contributed by atoms with Crippen LogP contribution >= 0.6 is 11.8 Å². The Labute approximate surface area is 125 Å². The first-order chi connectivity index (χ1) is 9.55. The van der Waals surface area contributed by atoms with E-state index in [1.54, 1.807) is 22.5 Å². The van der Waals surface area contributed by atoms with Crippen molar-refractivity contribution in [2.45, 2.75) is 44.2 Å². The highest BCUT2D eigenvalue weighted by molar-refractivity contribution is 7.98. The molecule has 0 atom stereocenters. The van der Waals surface area contributed by atoms with Gasteiger partial charge in [-0.25, -0.2) is 13.1 Å². The Hall–Kier alpha value is -0.500. The summed E-state index contributed by atoms with van der Waals surface area (Å²) in [7, 11) is -3.46. The number of nitrogens with one attached hydrogen (secondary N) is 1. The summed E-state index contributed by atoms with van der Waals surface area (Å²) in [6.45, 7) is 2.86. The third kappa shape index (κ3) is 5.12. The molecule has 0 aliphatic heterocycles. The summed E-state index contributed by atoms with van der Waals surface area (Å²) in [5.74, 6) is 1.12. The fourth-order valence-corrected chi connectivity index (χ4v) is 3.57. The molecule has 0 aliphatic carbocycles. The maximum absolute atomic E-state index is 12.1. The van der Waals surface area contributed by atoms with E-state index in [2.05, 4.69) is 11.0 Å². The predicted octanol–water partition coefficient (Wildman–Crippen LogP) is 1.81. The summed E-state index contributed by atoms with van der Waals surface area (Å²) >= 11 is 1.81. The number of unbranched alkanes of at least 4 members (excludes halogenated alkanes) is 2. The lowest BCUT2D eigenvalue weighted by atomic mass is 10.2. The van der Waals surface area contributed by atoms with Gasteiger partial charge in [-0.15, -0.1) is 0 Å². The van der Waals surface area contributed by atoms with E-state index in [1.807, 2.05) is 6.92 Å². The molecule has 1 heterocycles. The fourth-order valence-electron chi connectivity index (χ4n) is 1.94. The molecule has 116 valence electrons. The summed E-state index contributed by atoms with van der Waals surface area (Å²) in [5, 5.41) is 9.19. The second-order valence-corrected chi connectivity index (χ2v) is 7.32. The molecule has 0 saturated heterocycles. The van der Waals surface area contributed by atoms with Crippen LogP contribution in [0.4, 0.5) is 0 Å². The summed E-state index contributed by atoms with van der Waals surface area (Å²) in [4.78, 5) is 0.229. The largest absolute Gasteiger partial charge is 0.390 e. The normalized spacial score (nSPS) is 11.9. The van der Waals surface area contributed by atoms with E-state index in [0.29, 0.717) is 18.8 Å². The molecule has 0 unspecified atom stereocenters. The van der Waals surface area contributed by atoms with Crippen LogP contribution in [0.2, 0.25) is 0 Å². The smallest absolute Gasteiger partial charge is 0.242 e. The first kappa shape index (κ1) is 17.6. The average Bonchev–Trinajstić information content (AvgIpc) is 2.86. The predicted molar refractivity (Wildman–Crippen MR) is 83.5 cm³/mol. The van der Waals surface area contributed by atoms with E-state index >= 15 is 0 Å². The maximum Gasteiger partial charge on any atom is 0.242 e. The van der Waals surface area contributed by atoms with Gasteiger partial charge < -0.3 is 9.67 Å². The van der Waals surface area contributed by atoms with Crippen LogP contribution in [0, 0.1) is 0 Å². The van der Waals surface area contributed by atoms with Crippen molar-refractivity contribution in [3.63, 3.8) is 0 Å². The molecule has 5 nitrogen and oxygen atoms in total. The van der Waals surface area contributed by atoms with Crippen molar-refractivity contribution < 1.29 is 13.5 Å². The quantitative estimate of drug-likeness (QED) is 0.645. The minimum atomic E-state index is -3.46. The molecular formula is C13H24N2O3S2. The van der Waals surface area contributed by atoms with Gasteiger partial charge >= 0.3 is 0 Å². The Morgan fingerprint density at radius 2 is 2.10 bits per heavy atom. The van der Waals surface area contributed by atoms with Gasteiger partial charge in [0.25, 0.3) is 0 Å². The lowest BCUT2D eigenvalue weighted by Crippen LogP contribution is -2.24. The van der Waals surface area contributed by atoms with Crippen molar-refractivity contribution in [1.29, 1.82) is 0 Å². The number of aliphatic hydroxyl groups excluding tert-OH is 1. The zero-order valence-electron chi connectivity index (χ0n) is 12.1. The highest BCUT2D eigenvalue weighted by atomic mass is 32.2. The van der Waals surface area contributed by atoms with Gasteiger partial charge in [0.2, 0.25) is 10.0 Å². The molecule has 1 rings (SSSR count). The van der Waals surface area contributed by atoms with Crippen molar-refractivity contribution in [2.75, 3.05) is 18.6 Å². The molecule has 20 heavy (non-hydrogen) atoms. The van der Waals surface area contributed by atoms with Gasteiger partial charge in [-0.1, -0.05) is 6.42 Å². The van der Waals surface area contributed by atoms with Crippen molar-refractivity contribution in [2.24, 2.45) is 0 Å². The molecule has 0 bridgehead atoms. The van der Waals surface area contributed by atoms with Crippen LogP contribution in [-0.4, -0.2) is 36.6 Å². The Balaban J connectivity index is 2.54. The van der Waals surface area contributed by atoms with Crippen LogP contribution in [0.3, 0.4) is 0 Å². The molecule has 0 spiro atoms. The first-order valence-corrected chi connectivity index (χ1v) is 9.71. The van der Waals surface area contributed by atoms with Crippen molar-refractivity contribution >= 4 is 21.8 Å². The molecule has 0 amide bonds. The number of thioether (sulfide) groups is 1.